The number of nitrogens with one attached hydrogen (secondary N) is 1. The third-order valence-corrected chi connectivity index (χ3v) is 3.33. The van der Waals surface area contributed by atoms with Crippen LogP contribution in [0.2, 0.25) is 0 Å². The number of hydrogen-bond acceptors (Lipinski definition) is 3. The van der Waals surface area contributed by atoms with E-state index < -0.39 is 0 Å². The first-order chi connectivity index (χ1) is 8.19. The maximum atomic E-state index is 11.9. The van der Waals surface area contributed by atoms with Crippen LogP contribution in [-0.2, 0) is 6.54 Å². The molecule has 102 valence electrons. The fourth-order valence-corrected chi connectivity index (χ4v) is 2.19. The Kier molecular flexibility index (Phi) is 5.62. The minimum atomic E-state index is -0.0230. The summed E-state index contributed by atoms with van der Waals surface area (Å²) in [4.78, 5) is 11.9. The molecule has 3 N–H and O–H groups in total. The lowest BCUT2D eigenvalue weighted by Crippen LogP contribution is -2.40. The van der Waals surface area contributed by atoms with E-state index in [1.165, 1.54) is 0 Å². The van der Waals surface area contributed by atoms with Crippen LogP contribution in [0.15, 0.2) is 12.4 Å². The maximum Gasteiger partial charge on any atom is 0.254 e. The number of aryl methyl sites for hydroxylation is 1. The van der Waals surface area contributed by atoms with Crippen molar-refractivity contribution >= 4 is 18.3 Å². The number of aromatic nitrogens is 2. The molecular formula is C12H21ClN4O. The molecule has 0 saturated heterocycles. The van der Waals surface area contributed by atoms with Crippen molar-refractivity contribution in [3.63, 3.8) is 0 Å². The van der Waals surface area contributed by atoms with Crippen LogP contribution >= 0.6 is 12.4 Å². The third kappa shape index (κ3) is 3.71. The van der Waals surface area contributed by atoms with Crippen molar-refractivity contribution in [1.82, 2.24) is 15.1 Å². The Labute approximate surface area is 114 Å². The Morgan fingerprint density at radius 3 is 2.72 bits per heavy atom. The number of hydrogen-bond donors (Lipinski definition) is 2. The largest absolute Gasteiger partial charge is 0.349 e. The lowest BCUT2D eigenvalue weighted by molar-refractivity contribution is 0.0926. The third-order valence-electron chi connectivity index (χ3n) is 3.33. The Morgan fingerprint density at radius 1 is 1.50 bits per heavy atom. The number of rotatable bonds is 3. The molecule has 18 heavy (non-hydrogen) atoms. The number of halogens is 1. The lowest BCUT2D eigenvalue weighted by Gasteiger charge is -2.26. The molecule has 1 aliphatic rings. The van der Waals surface area contributed by atoms with E-state index in [1.54, 1.807) is 17.1 Å². The average Bonchev–Trinajstić information content (AvgIpc) is 2.81. The fourth-order valence-electron chi connectivity index (χ4n) is 2.19. The minimum absolute atomic E-state index is 0. The highest BCUT2D eigenvalue weighted by Crippen LogP contribution is 2.17. The van der Waals surface area contributed by atoms with Gasteiger partial charge >= 0.3 is 0 Å². The molecule has 2 rings (SSSR count). The van der Waals surface area contributed by atoms with Crippen LogP contribution in [-0.4, -0.2) is 27.8 Å². The van der Waals surface area contributed by atoms with E-state index in [0.29, 0.717) is 11.6 Å². The van der Waals surface area contributed by atoms with Crippen LogP contribution in [0.25, 0.3) is 0 Å². The molecule has 6 heteroatoms. The predicted molar refractivity (Wildman–Crippen MR) is 72.8 cm³/mol. The van der Waals surface area contributed by atoms with Gasteiger partial charge < -0.3 is 11.1 Å². The molecule has 0 unspecified atom stereocenters. The van der Waals surface area contributed by atoms with Crippen molar-refractivity contribution in [2.45, 2.75) is 51.2 Å². The molecule has 0 radical (unpaired) electrons. The van der Waals surface area contributed by atoms with E-state index >= 15 is 0 Å². The number of nitrogens with two attached hydrogens (primary N) is 1. The van der Waals surface area contributed by atoms with Crippen molar-refractivity contribution in [1.29, 1.82) is 0 Å². The van der Waals surface area contributed by atoms with E-state index in [9.17, 15) is 4.79 Å². The van der Waals surface area contributed by atoms with Crippen LogP contribution in [0.5, 0.6) is 0 Å². The van der Waals surface area contributed by atoms with E-state index in [-0.39, 0.29) is 24.4 Å². The van der Waals surface area contributed by atoms with Gasteiger partial charge in [0.25, 0.3) is 5.91 Å². The summed E-state index contributed by atoms with van der Waals surface area (Å²) < 4.78 is 1.76. The Bertz CT molecular complexity index is 385. The first-order valence-electron chi connectivity index (χ1n) is 6.28. The molecule has 1 aliphatic carbocycles. The van der Waals surface area contributed by atoms with Gasteiger partial charge in [0.05, 0.1) is 11.8 Å². The predicted octanol–water partition coefficient (Wildman–Crippen LogP) is 1.32. The highest BCUT2D eigenvalue weighted by molar-refractivity contribution is 5.93. The van der Waals surface area contributed by atoms with Crippen LogP contribution in [0.3, 0.4) is 0 Å². The fraction of sp³-hybridized carbons (Fsp3) is 0.667. The van der Waals surface area contributed by atoms with Gasteiger partial charge in [-0.2, -0.15) is 5.10 Å². The average molecular weight is 273 g/mol. The SMILES string of the molecule is CCn1cc(C(=O)NC2CCC(N)CC2)cn1.Cl. The van der Waals surface area contributed by atoms with E-state index in [2.05, 4.69) is 10.4 Å². The highest BCUT2D eigenvalue weighted by atomic mass is 35.5. The van der Waals surface area contributed by atoms with Gasteiger partial charge in [-0.25, -0.2) is 0 Å². The summed E-state index contributed by atoms with van der Waals surface area (Å²) in [5.74, 6) is -0.0230. The molecular weight excluding hydrogens is 252 g/mol. The first kappa shape index (κ1) is 15.0. The first-order valence-corrected chi connectivity index (χ1v) is 6.28. The minimum Gasteiger partial charge on any atom is -0.349 e. The second kappa shape index (κ2) is 6.75. The topological polar surface area (TPSA) is 72.9 Å². The second-order valence-electron chi connectivity index (χ2n) is 4.67. The summed E-state index contributed by atoms with van der Waals surface area (Å²) >= 11 is 0. The molecule has 1 amide bonds. The van der Waals surface area contributed by atoms with E-state index in [1.807, 2.05) is 6.92 Å². The van der Waals surface area contributed by atoms with Gasteiger partial charge in [-0.15, -0.1) is 12.4 Å². The normalized spacial score (nSPS) is 23.2. The lowest BCUT2D eigenvalue weighted by atomic mass is 9.92. The standard InChI is InChI=1S/C12H20N4O.ClH/c1-2-16-8-9(7-14-16)12(17)15-11-5-3-10(13)4-6-11;/h7-8,10-11H,2-6,13H2,1H3,(H,15,17);1H. The Morgan fingerprint density at radius 2 is 2.17 bits per heavy atom. The summed E-state index contributed by atoms with van der Waals surface area (Å²) in [6.45, 7) is 2.78. The second-order valence-corrected chi connectivity index (χ2v) is 4.67. The summed E-state index contributed by atoms with van der Waals surface area (Å²) in [5, 5.41) is 7.14. The van der Waals surface area contributed by atoms with Crippen LogP contribution in [0.1, 0.15) is 43.0 Å². The van der Waals surface area contributed by atoms with Gasteiger partial charge in [0.15, 0.2) is 0 Å². The molecule has 1 aromatic rings. The van der Waals surface area contributed by atoms with Crippen molar-refractivity contribution < 1.29 is 4.79 Å². The quantitative estimate of drug-likeness (QED) is 0.872. The number of carbonyl (C=O) groups is 1. The van der Waals surface area contributed by atoms with Gasteiger partial charge in [-0.3, -0.25) is 9.48 Å². The zero-order valence-corrected chi connectivity index (χ0v) is 11.4. The smallest absolute Gasteiger partial charge is 0.254 e. The van der Waals surface area contributed by atoms with Crippen molar-refractivity contribution in [2.75, 3.05) is 0 Å². The van der Waals surface area contributed by atoms with Crippen LogP contribution in [0, 0.1) is 0 Å². The molecule has 1 heterocycles. The monoisotopic (exact) mass is 272 g/mol. The molecule has 0 aliphatic heterocycles. The van der Waals surface area contributed by atoms with Gasteiger partial charge in [-0.05, 0) is 32.6 Å². The molecule has 0 aromatic carbocycles. The highest BCUT2D eigenvalue weighted by Gasteiger charge is 2.20. The van der Waals surface area contributed by atoms with Gasteiger partial charge in [0.2, 0.25) is 0 Å². The molecule has 1 saturated carbocycles. The van der Waals surface area contributed by atoms with Crippen molar-refractivity contribution in [2.24, 2.45) is 5.73 Å². The zero-order chi connectivity index (χ0) is 12.3. The summed E-state index contributed by atoms with van der Waals surface area (Å²) in [6.07, 6.45) is 7.36. The van der Waals surface area contributed by atoms with E-state index in [4.69, 9.17) is 5.73 Å². The number of nitrogens with zero attached hydrogens (tertiary/aromatic N) is 2. The summed E-state index contributed by atoms with van der Waals surface area (Å²) in [5.41, 5.74) is 6.47. The van der Waals surface area contributed by atoms with Gasteiger partial charge in [0.1, 0.15) is 0 Å². The number of amides is 1. The van der Waals surface area contributed by atoms with Crippen LogP contribution < -0.4 is 11.1 Å². The molecule has 1 fully saturated rings. The van der Waals surface area contributed by atoms with Gasteiger partial charge in [-0.1, -0.05) is 0 Å². The zero-order valence-electron chi connectivity index (χ0n) is 10.6. The Hall–Kier alpha value is -1.07. The van der Waals surface area contributed by atoms with Crippen molar-refractivity contribution in [3.05, 3.63) is 18.0 Å². The maximum absolute atomic E-state index is 11.9. The van der Waals surface area contributed by atoms with Gasteiger partial charge in [0, 0.05) is 24.8 Å². The summed E-state index contributed by atoms with van der Waals surface area (Å²) in [7, 11) is 0. The van der Waals surface area contributed by atoms with Crippen molar-refractivity contribution in [3.8, 4) is 0 Å². The molecule has 0 spiro atoms. The molecule has 1 aromatic heterocycles. The van der Waals surface area contributed by atoms with E-state index in [0.717, 1.165) is 32.2 Å². The molecule has 0 bridgehead atoms. The van der Waals surface area contributed by atoms with Crippen LogP contribution in [0.4, 0.5) is 0 Å². The molecule has 5 nitrogen and oxygen atoms in total. The molecule has 0 atom stereocenters. The Balaban J connectivity index is 0.00000162. The summed E-state index contributed by atoms with van der Waals surface area (Å²) in [6, 6.07) is 0.582. The number of carbonyl (C=O) groups excluding carboxylic acids is 1.